The van der Waals surface area contributed by atoms with E-state index in [4.69, 9.17) is 4.98 Å². The lowest BCUT2D eigenvalue weighted by Crippen LogP contribution is -2.19. The number of para-hydroxylation sites is 2. The third kappa shape index (κ3) is 7.23. The second-order valence-corrected chi connectivity index (χ2v) is 12.3. The fraction of sp³-hybridized carbons (Fsp3) is 0. The zero-order chi connectivity index (χ0) is 31.7. The van der Waals surface area contributed by atoms with E-state index in [9.17, 15) is 0 Å². The van der Waals surface area contributed by atoms with Gasteiger partial charge in [-0.3, -0.25) is 0 Å². The van der Waals surface area contributed by atoms with E-state index in [1.54, 1.807) is 0 Å². The van der Waals surface area contributed by atoms with Crippen LogP contribution in [0.25, 0.3) is 33.9 Å². The summed E-state index contributed by atoms with van der Waals surface area (Å²) in [5, 5.41) is 5.02. The van der Waals surface area contributed by atoms with Gasteiger partial charge in [0.25, 0.3) is 0 Å². The Hall–Kier alpha value is -5.76. The maximum Gasteiger partial charge on any atom is 0.0764 e. The second kappa shape index (κ2) is 14.6. The predicted octanol–water partition coefficient (Wildman–Crippen LogP) is 10.8. The molecule has 0 bridgehead atoms. The monoisotopic (exact) mass is 623 g/mol. The Bertz CT molecular complexity index is 1990. The van der Waals surface area contributed by atoms with E-state index in [-0.39, 0.29) is 8.73 Å². The molecule has 0 saturated carbocycles. The van der Waals surface area contributed by atoms with Gasteiger partial charge in [-0.2, -0.15) is 0 Å². The number of aromatic nitrogens is 1. The molecule has 0 saturated heterocycles. The first-order chi connectivity index (χ1) is 23.3. The predicted molar refractivity (Wildman–Crippen MR) is 202 cm³/mol. The van der Waals surface area contributed by atoms with Crippen LogP contribution in [0.15, 0.2) is 194 Å². The maximum atomic E-state index is 5.16. The Balaban J connectivity index is 1.46. The topological polar surface area (TPSA) is 28.2 Å². The molecule has 0 fully saturated rings. The fourth-order valence-corrected chi connectivity index (χ4v) is 6.88. The standard InChI is InChI=1S/C43H34N3P/c1-7-19-33(20-8-1)40-31-39(32-41(45-40)34-21-9-2-10-22-34)47-46(38-29-17-6-18-30-38)43(36-25-13-4-14-26-36)42(35-23-11-3-12-24-35)44-37-27-15-5-16-28-37/h1-32,44,47H/b43-42-. The average molecular weight is 624 g/mol. The molecule has 1 atom stereocenters. The number of hydrogen-bond acceptors (Lipinski definition) is 3. The van der Waals surface area contributed by atoms with Crippen LogP contribution in [0, 0.1) is 0 Å². The first kappa shape index (κ1) is 29.9. The molecule has 4 heteroatoms. The number of pyridine rings is 1. The van der Waals surface area contributed by atoms with Crippen molar-refractivity contribution in [2.45, 2.75) is 0 Å². The minimum absolute atomic E-state index is 0.255. The summed E-state index contributed by atoms with van der Waals surface area (Å²) in [4.78, 5) is 5.16. The first-order valence-electron chi connectivity index (χ1n) is 15.7. The molecule has 0 amide bonds. The highest BCUT2D eigenvalue weighted by atomic mass is 31.1. The summed E-state index contributed by atoms with van der Waals surface area (Å²) < 4.78 is 2.45. The highest BCUT2D eigenvalue weighted by Gasteiger charge is 2.22. The third-order valence-corrected chi connectivity index (χ3v) is 9.09. The van der Waals surface area contributed by atoms with Gasteiger partial charge < -0.3 is 9.99 Å². The van der Waals surface area contributed by atoms with Gasteiger partial charge in [-0.25, -0.2) is 4.98 Å². The Morgan fingerprint density at radius 1 is 0.468 bits per heavy atom. The number of benzene rings is 6. The summed E-state index contributed by atoms with van der Waals surface area (Å²) in [6.45, 7) is 0. The number of hydrogen-bond donors (Lipinski definition) is 1. The normalized spacial score (nSPS) is 11.7. The van der Waals surface area contributed by atoms with Gasteiger partial charge in [0.1, 0.15) is 0 Å². The van der Waals surface area contributed by atoms with Crippen LogP contribution in [-0.2, 0) is 0 Å². The van der Waals surface area contributed by atoms with Crippen LogP contribution in [0.4, 0.5) is 11.4 Å². The van der Waals surface area contributed by atoms with E-state index >= 15 is 0 Å². The Morgan fingerprint density at radius 2 is 0.894 bits per heavy atom. The van der Waals surface area contributed by atoms with Gasteiger partial charge in [0.2, 0.25) is 0 Å². The Labute approximate surface area is 278 Å². The fourth-order valence-electron chi connectivity index (χ4n) is 5.58. The van der Waals surface area contributed by atoms with Crippen LogP contribution >= 0.6 is 8.73 Å². The molecule has 3 nitrogen and oxygen atoms in total. The van der Waals surface area contributed by atoms with E-state index in [1.165, 1.54) is 5.30 Å². The summed E-state index contributed by atoms with van der Waals surface area (Å²) in [7, 11) is 0.255. The van der Waals surface area contributed by atoms with Gasteiger partial charge in [-0.15, -0.1) is 0 Å². The molecule has 1 unspecified atom stereocenters. The van der Waals surface area contributed by atoms with Crippen LogP contribution in [0.5, 0.6) is 0 Å². The van der Waals surface area contributed by atoms with Crippen molar-refractivity contribution in [3.63, 3.8) is 0 Å². The van der Waals surface area contributed by atoms with E-state index in [2.05, 4.69) is 186 Å². The number of anilines is 2. The molecule has 0 aliphatic heterocycles. The maximum absolute atomic E-state index is 5.16. The van der Waals surface area contributed by atoms with Crippen LogP contribution in [0.2, 0.25) is 0 Å². The SMILES string of the molecule is c1ccc(N/C(=C(/c2ccccc2)N(Pc2cc(-c3ccccc3)nc(-c3ccccc3)c2)c2ccccc2)c2ccccc2)cc1. The lowest BCUT2D eigenvalue weighted by molar-refractivity contribution is 1.33. The lowest BCUT2D eigenvalue weighted by atomic mass is 10.0. The number of nitrogens with zero attached hydrogens (tertiary/aromatic N) is 2. The molecule has 1 aromatic heterocycles. The zero-order valence-corrected chi connectivity index (χ0v) is 26.9. The molecule has 47 heavy (non-hydrogen) atoms. The summed E-state index contributed by atoms with van der Waals surface area (Å²) >= 11 is 0. The van der Waals surface area contributed by atoms with Gasteiger partial charge in [-0.1, -0.05) is 158 Å². The van der Waals surface area contributed by atoms with Crippen LogP contribution in [0.1, 0.15) is 11.1 Å². The van der Waals surface area contributed by atoms with Crippen LogP contribution in [0.3, 0.4) is 0 Å². The van der Waals surface area contributed by atoms with Crippen LogP contribution < -0.4 is 15.3 Å². The molecule has 0 aliphatic rings. The molecule has 0 aliphatic carbocycles. The molecule has 1 N–H and O–H groups in total. The number of rotatable bonds is 10. The smallest absolute Gasteiger partial charge is 0.0764 e. The molecule has 7 aromatic rings. The van der Waals surface area contributed by atoms with Crippen molar-refractivity contribution in [2.75, 3.05) is 9.99 Å². The summed E-state index contributed by atoms with van der Waals surface area (Å²) in [5.74, 6) is 0. The Kier molecular flexibility index (Phi) is 9.27. The van der Waals surface area contributed by atoms with Crippen molar-refractivity contribution in [3.05, 3.63) is 205 Å². The quantitative estimate of drug-likeness (QED) is 0.121. The van der Waals surface area contributed by atoms with Gasteiger partial charge in [0.05, 0.1) is 22.8 Å². The van der Waals surface area contributed by atoms with Gasteiger partial charge in [0.15, 0.2) is 0 Å². The van der Waals surface area contributed by atoms with Crippen molar-refractivity contribution in [2.24, 2.45) is 0 Å². The molecule has 0 spiro atoms. The summed E-state index contributed by atoms with van der Waals surface area (Å²) in [6, 6.07) is 67.8. The molecule has 226 valence electrons. The molecule has 7 rings (SSSR count). The zero-order valence-electron chi connectivity index (χ0n) is 25.9. The lowest BCUT2D eigenvalue weighted by Gasteiger charge is -2.31. The van der Waals surface area contributed by atoms with E-state index in [0.29, 0.717) is 0 Å². The molecular formula is C43H34N3P. The average Bonchev–Trinajstić information content (AvgIpc) is 3.16. The van der Waals surface area contributed by atoms with Gasteiger partial charge in [-0.05, 0) is 41.7 Å². The molecular weight excluding hydrogens is 589 g/mol. The van der Waals surface area contributed by atoms with E-state index in [0.717, 1.165) is 56.4 Å². The summed E-state index contributed by atoms with van der Waals surface area (Å²) in [5.41, 5.74) is 10.6. The Morgan fingerprint density at radius 3 is 1.40 bits per heavy atom. The third-order valence-electron chi connectivity index (χ3n) is 7.83. The van der Waals surface area contributed by atoms with E-state index in [1.807, 2.05) is 18.2 Å². The van der Waals surface area contributed by atoms with Crippen molar-refractivity contribution in [1.29, 1.82) is 0 Å². The van der Waals surface area contributed by atoms with Gasteiger partial charge >= 0.3 is 0 Å². The van der Waals surface area contributed by atoms with Crippen molar-refractivity contribution >= 4 is 36.8 Å². The minimum Gasteiger partial charge on any atom is -0.353 e. The van der Waals surface area contributed by atoms with Crippen LogP contribution in [-0.4, -0.2) is 4.98 Å². The number of nitrogens with one attached hydrogen (secondary N) is 1. The molecule has 0 radical (unpaired) electrons. The van der Waals surface area contributed by atoms with Gasteiger partial charge in [0, 0.05) is 42.4 Å². The second-order valence-electron chi connectivity index (χ2n) is 11.1. The van der Waals surface area contributed by atoms with Crippen molar-refractivity contribution < 1.29 is 0 Å². The minimum atomic E-state index is 0.255. The summed E-state index contributed by atoms with van der Waals surface area (Å²) in [6.07, 6.45) is 0. The van der Waals surface area contributed by atoms with Crippen molar-refractivity contribution in [1.82, 2.24) is 4.98 Å². The first-order valence-corrected chi connectivity index (χ1v) is 16.7. The largest absolute Gasteiger partial charge is 0.353 e. The van der Waals surface area contributed by atoms with Crippen molar-refractivity contribution in [3.8, 4) is 22.5 Å². The molecule has 6 aromatic carbocycles. The van der Waals surface area contributed by atoms with E-state index < -0.39 is 0 Å². The highest BCUT2D eigenvalue weighted by Crippen LogP contribution is 2.41. The molecule has 1 heterocycles. The highest BCUT2D eigenvalue weighted by molar-refractivity contribution is 7.49.